The summed E-state index contributed by atoms with van der Waals surface area (Å²) >= 11 is 3.77. The van der Waals surface area contributed by atoms with Gasteiger partial charge < -0.3 is 23.9 Å². The van der Waals surface area contributed by atoms with Crippen molar-refractivity contribution in [3.8, 4) is 39.7 Å². The Morgan fingerprint density at radius 3 is 1.12 bits per heavy atom. The average Bonchev–Trinajstić information content (AvgIpc) is 1.56. The Morgan fingerprint density at radius 1 is 0.225 bits per heavy atom. The van der Waals surface area contributed by atoms with Crippen LogP contribution in [0.2, 0.25) is 0 Å². The van der Waals surface area contributed by atoms with E-state index in [-0.39, 0.29) is 21.6 Å². The number of fused-ring (bicyclic) bond motifs is 33. The van der Waals surface area contributed by atoms with E-state index in [4.69, 9.17) is 0 Å². The van der Waals surface area contributed by atoms with Crippen LogP contribution >= 0.6 is 22.7 Å². The summed E-state index contributed by atoms with van der Waals surface area (Å²) in [6, 6.07) is 159. The van der Waals surface area contributed by atoms with Gasteiger partial charge in [-0.25, -0.2) is 9.97 Å². The molecule has 0 bridgehead atoms. The van der Waals surface area contributed by atoms with Crippen molar-refractivity contribution in [2.24, 2.45) is 0 Å². The summed E-state index contributed by atoms with van der Waals surface area (Å²) in [4.78, 5) is 15.6. The quantitative estimate of drug-likeness (QED) is 0.129. The smallest absolute Gasteiger partial charge is 0.872 e. The maximum absolute atomic E-state index is 11.8. The van der Waals surface area contributed by atoms with Crippen molar-refractivity contribution in [3.05, 3.63) is 480 Å². The van der Waals surface area contributed by atoms with Gasteiger partial charge >= 0.3 is 10.1 Å². The molecule has 0 aliphatic rings. The van der Waals surface area contributed by atoms with Crippen molar-refractivity contribution in [1.82, 2.24) is 23.7 Å². The van der Waals surface area contributed by atoms with Crippen LogP contribution in [0.1, 0.15) is 0 Å². The second-order valence-electron chi connectivity index (χ2n) is 34.5. The first-order chi connectivity index (χ1) is 67.8. The van der Waals surface area contributed by atoms with E-state index < -0.39 is 0 Å². The Bertz CT molecular complexity index is 9440. The molecule has 0 radical (unpaired) electrons. The summed E-state index contributed by atoms with van der Waals surface area (Å²) in [6.45, 7) is 0. The zero-order valence-corrected chi connectivity index (χ0v) is 76.3. The molecule has 0 amide bonds. The first kappa shape index (κ1) is 83.5. The molecular weight excluding hydrogens is 1720 g/mol. The van der Waals surface area contributed by atoms with Crippen LogP contribution in [0, 0.1) is 0 Å². The van der Waals surface area contributed by atoms with Gasteiger partial charge in [0.2, 0.25) is 11.0 Å². The first-order valence-corrected chi connectivity index (χ1v) is 47.7. The Kier molecular flexibility index (Phi) is 21.4. The van der Waals surface area contributed by atoms with Crippen molar-refractivity contribution in [2.75, 3.05) is 0 Å². The Morgan fingerprint density at radius 2 is 0.587 bits per heavy atom. The molecule has 0 aliphatic carbocycles. The Hall–Kier alpha value is -17.6. The minimum Gasteiger partial charge on any atom is -0.872 e. The maximum Gasteiger partial charge on any atom is 2.00 e. The molecule has 0 aliphatic heterocycles. The summed E-state index contributed by atoms with van der Waals surface area (Å²) < 4.78 is 12.6. The van der Waals surface area contributed by atoms with Crippen LogP contribution in [0.25, 0.3) is 242 Å². The minimum absolute atomic E-state index is 0. The molecule has 0 fully saturated rings. The molecule has 644 valence electrons. The van der Waals surface area contributed by atoms with Gasteiger partial charge in [-0.15, -0.1) is 22.7 Å². The van der Waals surface area contributed by atoms with Gasteiger partial charge in [-0.2, -0.15) is 0 Å². The van der Waals surface area contributed by atoms with E-state index in [1.165, 1.54) is 188 Å². The van der Waals surface area contributed by atoms with Crippen LogP contribution in [0.15, 0.2) is 480 Å². The predicted octanol–water partition coefficient (Wildman–Crippen LogP) is 31.5. The van der Waals surface area contributed by atoms with Crippen molar-refractivity contribution < 1.29 is 20.2 Å². The van der Waals surface area contributed by atoms with Gasteiger partial charge in [-0.1, -0.05) is 339 Å². The zero-order valence-electron chi connectivity index (χ0n) is 74.7. The van der Waals surface area contributed by atoms with Gasteiger partial charge in [0.25, 0.3) is 0 Å². The van der Waals surface area contributed by atoms with Crippen molar-refractivity contribution >= 4 is 247 Å². The van der Waals surface area contributed by atoms with E-state index in [1.807, 2.05) is 120 Å². The molecular formula is C126H81BeN7O2S2+2. The topological polar surface area (TPSA) is 115 Å². The normalized spacial score (nSPS) is 11.5. The van der Waals surface area contributed by atoms with Crippen molar-refractivity contribution in [1.29, 1.82) is 0 Å². The Balaban J connectivity index is 0.0000000929. The fourth-order valence-corrected chi connectivity index (χ4v) is 23.1. The first-order valence-electron chi connectivity index (χ1n) is 46.0. The van der Waals surface area contributed by atoms with E-state index in [2.05, 4.69) is 392 Å². The van der Waals surface area contributed by atoms with E-state index in [0.29, 0.717) is 0 Å². The van der Waals surface area contributed by atoms with Crippen LogP contribution in [-0.2, 0) is 0 Å². The number of thiophene rings is 2. The maximum atomic E-state index is 11.8. The van der Waals surface area contributed by atoms with Crippen LogP contribution in [0.5, 0.6) is 11.5 Å². The van der Waals surface area contributed by atoms with Crippen LogP contribution in [0.3, 0.4) is 0 Å². The van der Waals surface area contributed by atoms with Gasteiger partial charge in [0, 0.05) is 168 Å². The van der Waals surface area contributed by atoms with Crippen LogP contribution in [-0.4, -0.2) is 33.8 Å². The average molecular weight is 1800 g/mol. The number of nitrogens with one attached hydrogen (secondary N) is 2. The third-order valence-electron chi connectivity index (χ3n) is 26.8. The summed E-state index contributed by atoms with van der Waals surface area (Å²) in [5.74, 6) is 0.140. The number of benzene rings is 21. The van der Waals surface area contributed by atoms with Crippen molar-refractivity contribution in [3.63, 3.8) is 0 Å². The third kappa shape index (κ3) is 14.6. The van der Waals surface area contributed by atoms with Crippen LogP contribution in [0.4, 0.5) is 0 Å². The molecule has 0 saturated heterocycles. The van der Waals surface area contributed by atoms with Gasteiger partial charge in [0.1, 0.15) is 0 Å². The molecule has 9 nitrogen and oxygen atoms in total. The number of hydrogen-bond acceptors (Lipinski definition) is 6. The molecule has 12 heteroatoms. The third-order valence-corrected chi connectivity index (χ3v) is 29.2. The number of aromatic nitrogens is 7. The van der Waals surface area contributed by atoms with E-state index in [9.17, 15) is 10.2 Å². The number of hydrogen-bond donors (Lipinski definition) is 0. The number of rotatable bonds is 4. The minimum atomic E-state index is 0. The molecule has 0 atom stereocenters. The summed E-state index contributed by atoms with van der Waals surface area (Å²) in [6.07, 6.45) is 7.56. The molecule has 138 heavy (non-hydrogen) atoms. The van der Waals surface area contributed by atoms with E-state index in [0.717, 1.165) is 54.4 Å². The SMILES string of the molecule is [Be+2].[O-]c1cccc2ccc3ccc[nH+]c3c12.[O-]c1cccc2ccc3ccc[nH+]c3c12.c1ccc(-n2c3ccccc3c3ccc4cnc5ccccc5c4c32)cc1.c1ccc2c(c1)c1ccccc1n2-c1ccc(-c2ccc(-n3c4ccccc4c4ccccc43)cc2)cc1.c1ccc2c(c1)ccc1ccc3c4ccccc4sc3c12.c1cnc2c(c1)ccc1ccc3c4ccccc4sc3c12. The fraction of sp³-hybridized carbons (Fsp3) is 0. The molecule has 9 aromatic heterocycles. The number of pyridine rings is 4. The standard InChI is InChI=1S/C36H24N2.C25H16N2.C20H12S.C19H11NS.2C13H9NO.Be/c1-5-13-33-29(9-1)30-10-2-6-14-34(30)37(33)27-21-17-25(18-22-27)26-19-23-28(24-20-26)38-35-15-7-3-11-31(35)32-12-4-8-16-36(32)38;1-2-8-18(9-3-1)27-23-13-7-5-10-19(23)20-15-14-17-16-26-22-12-6-4-11-21(22)24(17)25(20)27;1-2-6-15-13(5-1)9-10-14-11-12-17-16-7-3-4-8-18(16)21-20(17)19(14)15;1-2-6-16-14(5-1)15-10-9-12-7-8-13-4-3-11-20-18(13)17(12)19(15)21-16;2*15-11-5-1-3-9-6-7-10-4-2-8-14-13(10)12(9)11;/h1-24H;1-16H;1-12H;1-11H;2*1-8,15H;/q;;;;;;+2. The van der Waals surface area contributed by atoms with Gasteiger partial charge in [-0.05, 0) is 159 Å². The molecule has 21 aromatic carbocycles. The van der Waals surface area contributed by atoms with Crippen LogP contribution < -0.4 is 20.2 Å². The number of H-pyrrole nitrogens is 2. The van der Waals surface area contributed by atoms with Gasteiger partial charge in [0.15, 0.2) is 12.4 Å². The second kappa shape index (κ2) is 35.4. The molecule has 0 spiro atoms. The largest absolute Gasteiger partial charge is 2.00 e. The second-order valence-corrected chi connectivity index (χ2v) is 36.6. The summed E-state index contributed by atoms with van der Waals surface area (Å²) in [5, 5.41) is 55.1. The molecule has 0 unspecified atom stereocenters. The molecule has 9 heterocycles. The fourth-order valence-electron chi connectivity index (χ4n) is 20.5. The molecule has 30 aromatic rings. The molecule has 30 rings (SSSR count). The summed E-state index contributed by atoms with van der Waals surface area (Å²) in [7, 11) is 0. The predicted molar refractivity (Wildman–Crippen MR) is 581 cm³/mol. The monoisotopic (exact) mass is 1800 g/mol. The van der Waals surface area contributed by atoms with Crippen molar-refractivity contribution in [2.45, 2.75) is 0 Å². The number of nitrogens with zero attached hydrogens (tertiary/aromatic N) is 5. The number of aromatic amines is 2. The molecule has 0 saturated carbocycles. The zero-order chi connectivity index (χ0) is 91.0. The Labute approximate surface area is 804 Å². The van der Waals surface area contributed by atoms with Gasteiger partial charge in [0.05, 0.1) is 44.1 Å². The molecule has 2 N–H and O–H groups in total. The van der Waals surface area contributed by atoms with Gasteiger partial charge in [-0.3, -0.25) is 9.97 Å². The van der Waals surface area contributed by atoms with E-state index in [1.54, 1.807) is 24.3 Å². The number of para-hydroxylation sites is 7. The summed E-state index contributed by atoms with van der Waals surface area (Å²) in [5.41, 5.74) is 17.3. The van der Waals surface area contributed by atoms with E-state index >= 15 is 0 Å².